The Morgan fingerprint density at radius 3 is 3.00 bits per heavy atom. The van der Waals surface area contributed by atoms with Crippen LogP contribution in [0.1, 0.15) is 24.9 Å². The van der Waals surface area contributed by atoms with Crippen molar-refractivity contribution in [1.29, 1.82) is 0 Å². The van der Waals surface area contributed by atoms with E-state index in [0.29, 0.717) is 6.61 Å². The number of fused-ring (bicyclic) bond motifs is 3. The molecule has 3 rings (SSSR count). The highest BCUT2D eigenvalue weighted by Crippen LogP contribution is 2.46. The van der Waals surface area contributed by atoms with Crippen molar-refractivity contribution in [2.24, 2.45) is 5.92 Å². The Bertz CT molecular complexity index is 619. The molecule has 0 unspecified atom stereocenters. The van der Waals surface area contributed by atoms with Gasteiger partial charge in [-0.1, -0.05) is 0 Å². The van der Waals surface area contributed by atoms with E-state index >= 15 is 0 Å². The topological polar surface area (TPSA) is 84.7 Å². The molecule has 0 bridgehead atoms. The molecule has 7 nitrogen and oxygen atoms in total. The van der Waals surface area contributed by atoms with Gasteiger partial charge in [0.15, 0.2) is 0 Å². The van der Waals surface area contributed by atoms with Gasteiger partial charge in [-0.15, -0.1) is 0 Å². The molecule has 2 aliphatic heterocycles. The van der Waals surface area contributed by atoms with Crippen molar-refractivity contribution in [3.8, 4) is 0 Å². The number of nitrogens with one attached hydrogen (secondary N) is 1. The summed E-state index contributed by atoms with van der Waals surface area (Å²) in [5.74, 6) is -0.185. The van der Waals surface area contributed by atoms with E-state index in [-0.39, 0.29) is 28.5 Å². The Hall–Kier alpha value is -2.15. The van der Waals surface area contributed by atoms with E-state index in [0.717, 1.165) is 24.2 Å². The molecule has 2 aliphatic rings. The molecule has 0 radical (unpaired) electrons. The number of nitrogens with zero attached hydrogens (tertiary/aromatic N) is 2. The van der Waals surface area contributed by atoms with Crippen LogP contribution in [0.3, 0.4) is 0 Å². The molecule has 0 saturated carbocycles. The van der Waals surface area contributed by atoms with Gasteiger partial charge in [0.05, 0.1) is 11.5 Å². The average molecular weight is 305 g/mol. The first-order valence-electron chi connectivity index (χ1n) is 7.44. The molecule has 1 fully saturated rings. The van der Waals surface area contributed by atoms with Gasteiger partial charge in [-0.3, -0.25) is 15.0 Å². The quantitative estimate of drug-likeness (QED) is 0.522. The number of hydrogen-bond donors (Lipinski definition) is 1. The summed E-state index contributed by atoms with van der Waals surface area (Å²) < 4.78 is 5.17. The number of nitro groups is 1. The zero-order valence-corrected chi connectivity index (χ0v) is 12.6. The number of carbonyl (C=O) groups excluding carboxylic acids is 1. The first kappa shape index (κ1) is 14.8. The molecule has 0 amide bonds. The lowest BCUT2D eigenvalue weighted by Crippen LogP contribution is -2.44. The van der Waals surface area contributed by atoms with E-state index in [2.05, 4.69) is 10.2 Å². The van der Waals surface area contributed by atoms with Gasteiger partial charge in [-0.05, 0) is 38.6 Å². The third-order valence-corrected chi connectivity index (χ3v) is 4.54. The minimum Gasteiger partial charge on any atom is -0.464 e. The average Bonchev–Trinajstić information content (AvgIpc) is 2.88. The number of likely N-dealkylation sites (tertiary alicyclic amines) is 1. The number of hydrogen-bond acceptors (Lipinski definition) is 6. The number of rotatable bonds is 3. The molecule has 2 heterocycles. The number of benzene rings is 1. The summed E-state index contributed by atoms with van der Waals surface area (Å²) >= 11 is 0. The normalized spacial score (nSPS) is 26.7. The van der Waals surface area contributed by atoms with Gasteiger partial charge in [0.25, 0.3) is 5.69 Å². The summed E-state index contributed by atoms with van der Waals surface area (Å²) in [7, 11) is 1.99. The Labute approximate surface area is 128 Å². The lowest BCUT2D eigenvalue weighted by molar-refractivity contribution is -0.384. The number of ether oxygens (including phenoxy) is 1. The van der Waals surface area contributed by atoms with Gasteiger partial charge in [-0.2, -0.15) is 0 Å². The SMILES string of the molecule is CCOC(=O)[C@H]1Nc2ccc([N+](=O)[O-])cc2[C@@H]2[C@H]1CCN2C. The lowest BCUT2D eigenvalue weighted by atomic mass is 9.83. The van der Waals surface area contributed by atoms with Crippen molar-refractivity contribution in [2.75, 3.05) is 25.5 Å². The molecule has 118 valence electrons. The van der Waals surface area contributed by atoms with Crippen LogP contribution in [0, 0.1) is 16.0 Å². The van der Waals surface area contributed by atoms with Crippen LogP contribution in [0.25, 0.3) is 0 Å². The summed E-state index contributed by atoms with van der Waals surface area (Å²) in [6.45, 7) is 2.99. The predicted octanol–water partition coefficient (Wildman–Crippen LogP) is 1.94. The number of carbonyl (C=O) groups is 1. The molecule has 22 heavy (non-hydrogen) atoms. The van der Waals surface area contributed by atoms with Crippen molar-refractivity contribution in [2.45, 2.75) is 25.4 Å². The summed E-state index contributed by atoms with van der Waals surface area (Å²) in [6.07, 6.45) is 0.861. The molecule has 1 saturated heterocycles. The molecule has 0 spiro atoms. The fourth-order valence-corrected chi connectivity index (χ4v) is 3.57. The van der Waals surface area contributed by atoms with Crippen molar-refractivity contribution in [3.63, 3.8) is 0 Å². The first-order valence-corrected chi connectivity index (χ1v) is 7.44. The highest BCUT2D eigenvalue weighted by atomic mass is 16.6. The maximum Gasteiger partial charge on any atom is 0.328 e. The number of non-ortho nitro benzene ring substituents is 1. The van der Waals surface area contributed by atoms with Crippen molar-refractivity contribution in [1.82, 2.24) is 4.90 Å². The molecule has 3 atom stereocenters. The zero-order valence-electron chi connectivity index (χ0n) is 12.6. The number of nitro benzene ring substituents is 1. The van der Waals surface area contributed by atoms with Gasteiger partial charge in [0, 0.05) is 29.8 Å². The summed E-state index contributed by atoms with van der Waals surface area (Å²) in [5.41, 5.74) is 1.74. The van der Waals surface area contributed by atoms with E-state index in [1.54, 1.807) is 19.1 Å². The Morgan fingerprint density at radius 1 is 1.55 bits per heavy atom. The van der Waals surface area contributed by atoms with Crippen molar-refractivity contribution >= 4 is 17.3 Å². The smallest absolute Gasteiger partial charge is 0.328 e. The summed E-state index contributed by atoms with van der Waals surface area (Å²) in [5, 5.41) is 14.2. The molecule has 0 aromatic heterocycles. The van der Waals surface area contributed by atoms with E-state index in [9.17, 15) is 14.9 Å². The maximum absolute atomic E-state index is 12.2. The van der Waals surface area contributed by atoms with E-state index in [1.807, 2.05) is 7.05 Å². The third-order valence-electron chi connectivity index (χ3n) is 4.54. The van der Waals surface area contributed by atoms with Gasteiger partial charge in [0.1, 0.15) is 6.04 Å². The minimum absolute atomic E-state index is 0.00514. The molecule has 1 aromatic carbocycles. The van der Waals surface area contributed by atoms with Crippen LogP contribution in [0.4, 0.5) is 11.4 Å². The number of esters is 1. The second-order valence-corrected chi connectivity index (χ2v) is 5.78. The predicted molar refractivity (Wildman–Crippen MR) is 80.6 cm³/mol. The molecule has 0 aliphatic carbocycles. The molecular weight excluding hydrogens is 286 g/mol. The van der Waals surface area contributed by atoms with Crippen LogP contribution >= 0.6 is 0 Å². The van der Waals surface area contributed by atoms with Crippen LogP contribution in [-0.4, -0.2) is 42.0 Å². The Balaban J connectivity index is 2.01. The van der Waals surface area contributed by atoms with Gasteiger partial charge >= 0.3 is 5.97 Å². The van der Waals surface area contributed by atoms with Crippen LogP contribution in [0.15, 0.2) is 18.2 Å². The first-order chi connectivity index (χ1) is 10.5. The van der Waals surface area contributed by atoms with Gasteiger partial charge in [0.2, 0.25) is 0 Å². The highest BCUT2D eigenvalue weighted by molar-refractivity contribution is 5.82. The molecule has 1 aromatic rings. The van der Waals surface area contributed by atoms with Crippen LogP contribution < -0.4 is 5.32 Å². The van der Waals surface area contributed by atoms with Crippen LogP contribution in [0.5, 0.6) is 0 Å². The van der Waals surface area contributed by atoms with E-state index < -0.39 is 6.04 Å². The second-order valence-electron chi connectivity index (χ2n) is 5.78. The molecule has 7 heteroatoms. The fourth-order valence-electron chi connectivity index (χ4n) is 3.57. The van der Waals surface area contributed by atoms with Gasteiger partial charge < -0.3 is 10.1 Å². The lowest BCUT2D eigenvalue weighted by Gasteiger charge is -2.37. The fraction of sp³-hybridized carbons (Fsp3) is 0.533. The Morgan fingerprint density at radius 2 is 2.32 bits per heavy atom. The van der Waals surface area contributed by atoms with Gasteiger partial charge in [-0.25, -0.2) is 4.79 Å². The molecule has 1 N–H and O–H groups in total. The standard InChI is InChI=1S/C15H19N3O4/c1-3-22-15(19)13-10-6-7-17(2)14(10)11-8-9(18(20)21)4-5-12(11)16-13/h4-5,8,10,13-14,16H,3,6-7H2,1-2H3/t10-,13-,14-/m0/s1. The minimum atomic E-state index is -0.399. The largest absolute Gasteiger partial charge is 0.464 e. The molecular formula is C15H19N3O4. The summed E-state index contributed by atoms with van der Waals surface area (Å²) in [6, 6.07) is 4.36. The highest BCUT2D eigenvalue weighted by Gasteiger charge is 2.46. The van der Waals surface area contributed by atoms with Crippen molar-refractivity contribution < 1.29 is 14.5 Å². The number of anilines is 1. The van der Waals surface area contributed by atoms with E-state index in [1.165, 1.54) is 6.07 Å². The van der Waals surface area contributed by atoms with Crippen LogP contribution in [-0.2, 0) is 9.53 Å². The maximum atomic E-state index is 12.2. The van der Waals surface area contributed by atoms with Crippen LogP contribution in [0.2, 0.25) is 0 Å². The Kier molecular flexibility index (Phi) is 3.74. The monoisotopic (exact) mass is 305 g/mol. The van der Waals surface area contributed by atoms with Crippen molar-refractivity contribution in [3.05, 3.63) is 33.9 Å². The third kappa shape index (κ3) is 2.31. The second kappa shape index (κ2) is 5.57. The van der Waals surface area contributed by atoms with E-state index in [4.69, 9.17) is 4.74 Å². The summed E-state index contributed by atoms with van der Waals surface area (Å²) in [4.78, 5) is 25.0. The zero-order chi connectivity index (χ0) is 15.9.